The predicted octanol–water partition coefficient (Wildman–Crippen LogP) is 3.13. The van der Waals surface area contributed by atoms with Crippen LogP contribution < -0.4 is 4.57 Å². The number of aryl methyl sites for hydroxylation is 1. The van der Waals surface area contributed by atoms with E-state index in [2.05, 4.69) is 35.0 Å². The number of benzene rings is 1. The molecule has 0 N–H and O–H groups in total. The van der Waals surface area contributed by atoms with Crippen LogP contribution in [0.3, 0.4) is 0 Å². The molecule has 0 fully saturated rings. The maximum atomic E-state index is 4.38. The molecular weight excluding hydrogens is 222 g/mol. The number of unbranched alkanes of at least 4 members (excludes halogenated alkanes) is 4. The van der Waals surface area contributed by atoms with Crippen LogP contribution in [0.25, 0.3) is 5.69 Å². The summed E-state index contributed by atoms with van der Waals surface area (Å²) in [5.41, 5.74) is 1.11. The zero-order valence-electron chi connectivity index (χ0n) is 11.1. The fourth-order valence-corrected chi connectivity index (χ4v) is 2.05. The topological polar surface area (TPSA) is 21.7 Å². The summed E-state index contributed by atoms with van der Waals surface area (Å²) in [6.07, 6.45) is 10.5. The second-order valence-corrected chi connectivity index (χ2v) is 4.68. The van der Waals surface area contributed by atoms with E-state index in [1.807, 2.05) is 29.2 Å². The van der Waals surface area contributed by atoms with Crippen molar-refractivity contribution in [2.24, 2.45) is 0 Å². The van der Waals surface area contributed by atoms with Crippen molar-refractivity contribution in [3.63, 3.8) is 0 Å². The van der Waals surface area contributed by atoms with Gasteiger partial charge in [0, 0.05) is 5.10 Å². The Morgan fingerprint density at radius 1 is 1.06 bits per heavy atom. The minimum Gasteiger partial charge on any atom is -0.237 e. The van der Waals surface area contributed by atoms with Crippen molar-refractivity contribution in [1.29, 1.82) is 0 Å². The van der Waals surface area contributed by atoms with Crippen LogP contribution in [0.15, 0.2) is 43.0 Å². The summed E-state index contributed by atoms with van der Waals surface area (Å²) < 4.78 is 4.09. The second kappa shape index (κ2) is 6.94. The van der Waals surface area contributed by atoms with Gasteiger partial charge in [-0.2, -0.15) is 0 Å². The molecule has 1 aromatic carbocycles. The smallest absolute Gasteiger partial charge is 0.237 e. The number of hydrogen-bond acceptors (Lipinski definition) is 1. The fourth-order valence-electron chi connectivity index (χ4n) is 2.05. The van der Waals surface area contributed by atoms with E-state index in [0.717, 1.165) is 12.2 Å². The van der Waals surface area contributed by atoms with E-state index in [1.54, 1.807) is 0 Å². The maximum absolute atomic E-state index is 4.38. The van der Waals surface area contributed by atoms with Crippen LogP contribution in [0, 0.1) is 0 Å². The molecule has 0 aliphatic heterocycles. The monoisotopic (exact) mass is 244 g/mol. The second-order valence-electron chi connectivity index (χ2n) is 4.68. The molecular formula is C15H22N3+. The molecule has 0 saturated heterocycles. The fraction of sp³-hybridized carbons (Fsp3) is 0.467. The van der Waals surface area contributed by atoms with Gasteiger partial charge in [0.2, 0.25) is 6.33 Å². The molecule has 1 heterocycles. The molecule has 0 spiro atoms. The summed E-state index contributed by atoms with van der Waals surface area (Å²) in [7, 11) is 0. The molecule has 0 aliphatic rings. The molecule has 2 aromatic rings. The Hall–Kier alpha value is -1.64. The highest BCUT2D eigenvalue weighted by Gasteiger charge is 2.07. The summed E-state index contributed by atoms with van der Waals surface area (Å²) >= 11 is 0. The highest BCUT2D eigenvalue weighted by Crippen LogP contribution is 2.04. The number of aromatic nitrogens is 3. The lowest BCUT2D eigenvalue weighted by Gasteiger charge is -1.97. The first-order chi connectivity index (χ1) is 8.90. The lowest BCUT2D eigenvalue weighted by Crippen LogP contribution is -2.30. The van der Waals surface area contributed by atoms with E-state index in [0.29, 0.717) is 0 Å². The van der Waals surface area contributed by atoms with Gasteiger partial charge in [-0.15, -0.1) is 0 Å². The standard InChI is InChI=1S/C15H22N3/c1-2-3-4-5-9-12-17-13-16-18(14-17)15-10-7-6-8-11-15/h6-8,10-11,13-14H,2-5,9,12H2,1H3/q+1. The average molecular weight is 244 g/mol. The highest BCUT2D eigenvalue weighted by molar-refractivity contribution is 5.28. The Kier molecular flexibility index (Phi) is 4.94. The quantitative estimate of drug-likeness (QED) is 0.541. The van der Waals surface area contributed by atoms with E-state index < -0.39 is 0 Å². The van der Waals surface area contributed by atoms with Crippen molar-refractivity contribution >= 4 is 0 Å². The van der Waals surface area contributed by atoms with Crippen LogP contribution in [-0.2, 0) is 6.54 Å². The molecule has 0 atom stereocenters. The van der Waals surface area contributed by atoms with E-state index in [1.165, 1.54) is 32.1 Å². The number of rotatable bonds is 7. The Balaban J connectivity index is 1.83. The predicted molar refractivity (Wildman–Crippen MR) is 72.5 cm³/mol. The Bertz CT molecular complexity index is 448. The molecule has 0 radical (unpaired) electrons. The van der Waals surface area contributed by atoms with E-state index >= 15 is 0 Å². The molecule has 3 heteroatoms. The third-order valence-corrected chi connectivity index (χ3v) is 3.12. The number of hydrogen-bond donors (Lipinski definition) is 0. The van der Waals surface area contributed by atoms with Crippen LogP contribution in [0.5, 0.6) is 0 Å². The first-order valence-electron chi connectivity index (χ1n) is 6.89. The van der Waals surface area contributed by atoms with Crippen LogP contribution in [0.2, 0.25) is 0 Å². The lowest BCUT2D eigenvalue weighted by molar-refractivity contribution is -0.697. The lowest BCUT2D eigenvalue weighted by atomic mass is 10.1. The molecule has 0 amide bonds. The average Bonchev–Trinajstić information content (AvgIpc) is 2.88. The molecule has 3 nitrogen and oxygen atoms in total. The molecule has 96 valence electrons. The zero-order chi connectivity index (χ0) is 12.6. The highest BCUT2D eigenvalue weighted by atomic mass is 15.3. The van der Waals surface area contributed by atoms with E-state index in [-0.39, 0.29) is 0 Å². The van der Waals surface area contributed by atoms with Crippen LogP contribution >= 0.6 is 0 Å². The van der Waals surface area contributed by atoms with Crippen molar-refractivity contribution in [2.75, 3.05) is 0 Å². The summed E-state index contributed by atoms with van der Waals surface area (Å²) in [5, 5.41) is 4.38. The Labute approximate surface area is 109 Å². The van der Waals surface area contributed by atoms with E-state index in [9.17, 15) is 0 Å². The first kappa shape index (κ1) is 12.8. The molecule has 2 rings (SSSR count). The minimum atomic E-state index is 1.07. The minimum absolute atomic E-state index is 1.07. The van der Waals surface area contributed by atoms with Crippen LogP contribution in [0.4, 0.5) is 0 Å². The van der Waals surface area contributed by atoms with Gasteiger partial charge in [-0.05, 0) is 18.6 Å². The van der Waals surface area contributed by atoms with Gasteiger partial charge in [0.15, 0.2) is 0 Å². The van der Waals surface area contributed by atoms with E-state index in [4.69, 9.17) is 0 Å². The molecule has 0 bridgehead atoms. The van der Waals surface area contributed by atoms with Gasteiger partial charge in [-0.25, -0.2) is 4.57 Å². The first-order valence-corrected chi connectivity index (χ1v) is 6.89. The summed E-state index contributed by atoms with van der Waals surface area (Å²) in [5.74, 6) is 0. The van der Waals surface area contributed by atoms with Crippen molar-refractivity contribution in [3.05, 3.63) is 43.0 Å². The van der Waals surface area contributed by atoms with Crippen LogP contribution in [-0.4, -0.2) is 9.78 Å². The van der Waals surface area contributed by atoms with Crippen molar-refractivity contribution < 1.29 is 4.57 Å². The Morgan fingerprint density at radius 3 is 2.61 bits per heavy atom. The normalized spacial score (nSPS) is 10.7. The number of nitrogens with zero attached hydrogens (tertiary/aromatic N) is 3. The molecule has 0 aliphatic carbocycles. The maximum Gasteiger partial charge on any atom is 0.265 e. The summed E-state index contributed by atoms with van der Waals surface area (Å²) in [6.45, 7) is 3.31. The number of para-hydroxylation sites is 1. The van der Waals surface area contributed by atoms with Gasteiger partial charge < -0.3 is 0 Å². The zero-order valence-corrected chi connectivity index (χ0v) is 11.1. The molecule has 18 heavy (non-hydrogen) atoms. The van der Waals surface area contributed by atoms with Gasteiger partial charge in [-0.3, -0.25) is 0 Å². The van der Waals surface area contributed by atoms with Crippen molar-refractivity contribution in [1.82, 2.24) is 9.78 Å². The van der Waals surface area contributed by atoms with Gasteiger partial charge in [0.25, 0.3) is 6.33 Å². The Morgan fingerprint density at radius 2 is 1.83 bits per heavy atom. The SMILES string of the molecule is CCCCCCC[n+]1cnn(-c2ccccc2)c1. The van der Waals surface area contributed by atoms with Gasteiger partial charge in [0.05, 0.1) is 6.54 Å². The van der Waals surface area contributed by atoms with Gasteiger partial charge in [-0.1, -0.05) is 55.5 Å². The van der Waals surface area contributed by atoms with Gasteiger partial charge in [0.1, 0.15) is 5.69 Å². The molecule has 1 aromatic heterocycles. The largest absolute Gasteiger partial charge is 0.265 e. The third-order valence-electron chi connectivity index (χ3n) is 3.12. The van der Waals surface area contributed by atoms with Crippen molar-refractivity contribution in [2.45, 2.75) is 45.6 Å². The summed E-state index contributed by atoms with van der Waals surface area (Å²) in [4.78, 5) is 0. The van der Waals surface area contributed by atoms with Crippen molar-refractivity contribution in [3.8, 4) is 5.69 Å². The molecule has 0 saturated carbocycles. The van der Waals surface area contributed by atoms with Gasteiger partial charge >= 0.3 is 0 Å². The summed E-state index contributed by atoms with van der Waals surface area (Å²) in [6, 6.07) is 10.2. The van der Waals surface area contributed by atoms with Crippen LogP contribution in [0.1, 0.15) is 39.0 Å². The third kappa shape index (κ3) is 3.69. The molecule has 0 unspecified atom stereocenters.